The first kappa shape index (κ1) is 12.8. The SMILES string of the molecule is NC[C@@H](N)Cc1ccc(OC(F)(F)F)cc1. The molecule has 6 heteroatoms. The van der Waals surface area contributed by atoms with Crippen LogP contribution in [-0.4, -0.2) is 18.9 Å². The highest BCUT2D eigenvalue weighted by Crippen LogP contribution is 2.22. The molecule has 0 spiro atoms. The zero-order valence-corrected chi connectivity index (χ0v) is 8.50. The first-order chi connectivity index (χ1) is 7.40. The molecule has 0 aromatic heterocycles. The average molecular weight is 234 g/mol. The number of benzene rings is 1. The highest BCUT2D eigenvalue weighted by molar-refractivity contribution is 5.27. The normalized spacial score (nSPS) is 13.6. The minimum Gasteiger partial charge on any atom is -0.406 e. The molecule has 3 nitrogen and oxygen atoms in total. The highest BCUT2D eigenvalue weighted by Gasteiger charge is 2.30. The van der Waals surface area contributed by atoms with Crippen LogP contribution in [0.25, 0.3) is 0 Å². The molecular formula is C10H13F3N2O. The lowest BCUT2D eigenvalue weighted by atomic mass is 10.1. The molecule has 16 heavy (non-hydrogen) atoms. The minimum atomic E-state index is -4.66. The molecule has 0 saturated carbocycles. The van der Waals surface area contributed by atoms with Crippen LogP contribution in [-0.2, 0) is 6.42 Å². The van der Waals surface area contributed by atoms with Gasteiger partial charge in [0.25, 0.3) is 0 Å². The van der Waals surface area contributed by atoms with E-state index in [2.05, 4.69) is 4.74 Å². The Labute approximate surface area is 91.2 Å². The van der Waals surface area contributed by atoms with E-state index in [1.807, 2.05) is 0 Å². The molecular weight excluding hydrogens is 221 g/mol. The third-order valence-electron chi connectivity index (χ3n) is 1.96. The second kappa shape index (κ2) is 5.18. The molecule has 0 fully saturated rings. The summed E-state index contributed by atoms with van der Waals surface area (Å²) in [5.41, 5.74) is 11.8. The summed E-state index contributed by atoms with van der Waals surface area (Å²) < 4.78 is 39.3. The summed E-state index contributed by atoms with van der Waals surface area (Å²) in [7, 11) is 0. The number of hydrogen-bond donors (Lipinski definition) is 2. The van der Waals surface area contributed by atoms with Crippen LogP contribution in [0, 0.1) is 0 Å². The standard InChI is InChI=1S/C10H13F3N2O/c11-10(12,13)16-9-3-1-7(2-4-9)5-8(15)6-14/h1-4,8H,5-6,14-15H2/t8-/m0/s1. The predicted molar refractivity (Wildman–Crippen MR) is 53.9 cm³/mol. The van der Waals surface area contributed by atoms with Gasteiger partial charge in [0.15, 0.2) is 0 Å². The molecule has 0 saturated heterocycles. The quantitative estimate of drug-likeness (QED) is 0.828. The lowest BCUT2D eigenvalue weighted by Crippen LogP contribution is -2.31. The van der Waals surface area contributed by atoms with Crippen LogP contribution < -0.4 is 16.2 Å². The van der Waals surface area contributed by atoms with Crippen molar-refractivity contribution in [2.45, 2.75) is 18.8 Å². The van der Waals surface area contributed by atoms with Crippen molar-refractivity contribution in [3.05, 3.63) is 29.8 Å². The second-order valence-electron chi connectivity index (χ2n) is 3.39. The van der Waals surface area contributed by atoms with Crippen LogP contribution in [0.5, 0.6) is 5.75 Å². The van der Waals surface area contributed by atoms with Gasteiger partial charge in [0, 0.05) is 12.6 Å². The molecule has 4 N–H and O–H groups in total. The van der Waals surface area contributed by atoms with Crippen molar-refractivity contribution in [3.8, 4) is 5.75 Å². The van der Waals surface area contributed by atoms with Crippen molar-refractivity contribution < 1.29 is 17.9 Å². The number of alkyl halides is 3. The predicted octanol–water partition coefficient (Wildman–Crippen LogP) is 1.41. The lowest BCUT2D eigenvalue weighted by Gasteiger charge is -2.11. The van der Waals surface area contributed by atoms with Gasteiger partial charge in [-0.15, -0.1) is 13.2 Å². The van der Waals surface area contributed by atoms with E-state index < -0.39 is 6.36 Å². The van der Waals surface area contributed by atoms with E-state index in [1.54, 1.807) is 0 Å². The zero-order valence-electron chi connectivity index (χ0n) is 8.50. The number of hydrogen-bond acceptors (Lipinski definition) is 3. The van der Waals surface area contributed by atoms with Gasteiger partial charge >= 0.3 is 6.36 Å². The van der Waals surface area contributed by atoms with Crippen molar-refractivity contribution >= 4 is 0 Å². The van der Waals surface area contributed by atoms with Crippen LogP contribution in [0.1, 0.15) is 5.56 Å². The molecule has 0 radical (unpaired) electrons. The molecule has 0 heterocycles. The van der Waals surface area contributed by atoms with E-state index in [9.17, 15) is 13.2 Å². The van der Waals surface area contributed by atoms with Gasteiger partial charge in [0.1, 0.15) is 5.75 Å². The van der Waals surface area contributed by atoms with Crippen molar-refractivity contribution in [2.75, 3.05) is 6.54 Å². The highest BCUT2D eigenvalue weighted by atomic mass is 19.4. The minimum absolute atomic E-state index is 0.186. The summed E-state index contributed by atoms with van der Waals surface area (Å²) in [5, 5.41) is 0. The van der Waals surface area contributed by atoms with E-state index in [0.717, 1.165) is 5.56 Å². The van der Waals surface area contributed by atoms with E-state index in [0.29, 0.717) is 13.0 Å². The van der Waals surface area contributed by atoms with Gasteiger partial charge < -0.3 is 16.2 Å². The fourth-order valence-corrected chi connectivity index (χ4v) is 1.21. The molecule has 1 aromatic rings. The molecule has 90 valence electrons. The average Bonchev–Trinajstić information content (AvgIpc) is 2.18. The topological polar surface area (TPSA) is 61.3 Å². The third-order valence-corrected chi connectivity index (χ3v) is 1.96. The first-order valence-corrected chi connectivity index (χ1v) is 4.71. The van der Waals surface area contributed by atoms with Crippen molar-refractivity contribution in [3.63, 3.8) is 0 Å². The number of nitrogens with two attached hydrogens (primary N) is 2. The fourth-order valence-electron chi connectivity index (χ4n) is 1.21. The van der Waals surface area contributed by atoms with Gasteiger partial charge in [0.2, 0.25) is 0 Å². The first-order valence-electron chi connectivity index (χ1n) is 4.71. The maximum atomic E-state index is 11.8. The van der Waals surface area contributed by atoms with Gasteiger partial charge in [-0.05, 0) is 24.1 Å². The summed E-state index contributed by atoms with van der Waals surface area (Å²) >= 11 is 0. The van der Waals surface area contributed by atoms with Crippen molar-refractivity contribution in [1.29, 1.82) is 0 Å². The zero-order chi connectivity index (χ0) is 12.2. The van der Waals surface area contributed by atoms with E-state index in [4.69, 9.17) is 11.5 Å². The maximum absolute atomic E-state index is 11.8. The van der Waals surface area contributed by atoms with Crippen molar-refractivity contribution in [1.82, 2.24) is 0 Å². The Morgan fingerprint density at radius 1 is 1.19 bits per heavy atom. The van der Waals surface area contributed by atoms with Crippen LogP contribution in [0.4, 0.5) is 13.2 Å². The monoisotopic (exact) mass is 234 g/mol. The summed E-state index contributed by atoms with van der Waals surface area (Å²) in [4.78, 5) is 0. The Balaban J connectivity index is 2.61. The molecule has 1 rings (SSSR count). The summed E-state index contributed by atoms with van der Waals surface area (Å²) in [6.07, 6.45) is -4.13. The van der Waals surface area contributed by atoms with Crippen LogP contribution in [0.3, 0.4) is 0 Å². The number of ether oxygens (including phenoxy) is 1. The molecule has 0 aliphatic rings. The molecule has 1 atom stereocenters. The Kier molecular flexibility index (Phi) is 4.14. The van der Waals surface area contributed by atoms with E-state index >= 15 is 0 Å². The van der Waals surface area contributed by atoms with E-state index in [1.165, 1.54) is 24.3 Å². The molecule has 0 aliphatic heterocycles. The largest absolute Gasteiger partial charge is 0.573 e. The van der Waals surface area contributed by atoms with Gasteiger partial charge in [0.05, 0.1) is 0 Å². The van der Waals surface area contributed by atoms with Gasteiger partial charge in [-0.1, -0.05) is 12.1 Å². The van der Waals surface area contributed by atoms with Crippen LogP contribution in [0.2, 0.25) is 0 Å². The lowest BCUT2D eigenvalue weighted by molar-refractivity contribution is -0.274. The van der Waals surface area contributed by atoms with Gasteiger partial charge in [-0.3, -0.25) is 0 Å². The second-order valence-corrected chi connectivity index (χ2v) is 3.39. The fraction of sp³-hybridized carbons (Fsp3) is 0.400. The smallest absolute Gasteiger partial charge is 0.406 e. The molecule has 0 bridgehead atoms. The van der Waals surface area contributed by atoms with Gasteiger partial charge in [-0.2, -0.15) is 0 Å². The Hall–Kier alpha value is -1.27. The third kappa shape index (κ3) is 4.50. The van der Waals surface area contributed by atoms with Gasteiger partial charge in [-0.25, -0.2) is 0 Å². The summed E-state index contributed by atoms with van der Waals surface area (Å²) in [6, 6.07) is 5.40. The number of rotatable bonds is 4. The molecule has 1 aromatic carbocycles. The Morgan fingerprint density at radius 2 is 1.75 bits per heavy atom. The molecule has 0 amide bonds. The number of halogens is 3. The van der Waals surface area contributed by atoms with Crippen LogP contribution in [0.15, 0.2) is 24.3 Å². The van der Waals surface area contributed by atoms with Crippen LogP contribution >= 0.6 is 0 Å². The maximum Gasteiger partial charge on any atom is 0.573 e. The van der Waals surface area contributed by atoms with Crippen molar-refractivity contribution in [2.24, 2.45) is 11.5 Å². The Bertz CT molecular complexity index is 324. The summed E-state index contributed by atoms with van der Waals surface area (Å²) in [6.45, 7) is 0.334. The summed E-state index contributed by atoms with van der Waals surface area (Å²) in [5.74, 6) is -0.238. The Morgan fingerprint density at radius 3 is 2.19 bits per heavy atom. The van der Waals surface area contributed by atoms with E-state index in [-0.39, 0.29) is 11.8 Å². The molecule has 0 aliphatic carbocycles. The molecule has 0 unspecified atom stereocenters.